The third kappa shape index (κ3) is 6.74. The normalized spacial score (nSPS) is 13.5. The van der Waals surface area contributed by atoms with Gasteiger partial charge in [-0.2, -0.15) is 0 Å². The Bertz CT molecular complexity index is 644. The standard InChI is InChI=1S/C19H24N2O3/c1-19(2,3)24-18(23)20-13-5-4-6-14-7-9-15(10-8-14)17(22)21-16-11-12-16/h7-10,16H,5,11-13H2,1-3H3,(H,20,23)(H,21,22). The van der Waals surface area contributed by atoms with Crippen LogP contribution in [-0.2, 0) is 4.74 Å². The molecule has 2 N–H and O–H groups in total. The van der Waals surface area contributed by atoms with Gasteiger partial charge in [0.05, 0.1) is 0 Å². The first-order valence-electron chi connectivity index (χ1n) is 8.20. The third-order valence-electron chi connectivity index (χ3n) is 3.21. The van der Waals surface area contributed by atoms with E-state index >= 15 is 0 Å². The summed E-state index contributed by atoms with van der Waals surface area (Å²) >= 11 is 0. The maximum absolute atomic E-state index is 11.9. The molecule has 0 atom stereocenters. The highest BCUT2D eigenvalue weighted by Gasteiger charge is 2.23. The lowest BCUT2D eigenvalue weighted by Crippen LogP contribution is -2.32. The molecule has 1 fully saturated rings. The van der Waals surface area contributed by atoms with E-state index in [1.54, 1.807) is 12.1 Å². The predicted molar refractivity (Wildman–Crippen MR) is 92.7 cm³/mol. The number of hydrogen-bond donors (Lipinski definition) is 2. The highest BCUT2D eigenvalue weighted by atomic mass is 16.6. The summed E-state index contributed by atoms with van der Waals surface area (Å²) < 4.78 is 5.13. The molecule has 1 aliphatic carbocycles. The number of rotatable bonds is 4. The summed E-state index contributed by atoms with van der Waals surface area (Å²) in [6.07, 6.45) is 2.25. The minimum absolute atomic E-state index is 0.0291. The van der Waals surface area contributed by atoms with Crippen molar-refractivity contribution in [1.29, 1.82) is 0 Å². The van der Waals surface area contributed by atoms with E-state index in [1.807, 2.05) is 32.9 Å². The number of carbonyl (C=O) groups is 2. The monoisotopic (exact) mass is 328 g/mol. The van der Waals surface area contributed by atoms with Crippen LogP contribution in [0.3, 0.4) is 0 Å². The number of alkyl carbamates (subject to hydrolysis) is 1. The van der Waals surface area contributed by atoms with Crippen LogP contribution >= 0.6 is 0 Å². The van der Waals surface area contributed by atoms with Crippen molar-refractivity contribution in [2.24, 2.45) is 0 Å². The lowest BCUT2D eigenvalue weighted by molar-refractivity contribution is 0.0529. The molecule has 0 bridgehead atoms. The van der Waals surface area contributed by atoms with Crippen molar-refractivity contribution in [2.75, 3.05) is 6.54 Å². The number of nitrogens with one attached hydrogen (secondary N) is 2. The quantitative estimate of drug-likeness (QED) is 0.660. The molecular weight excluding hydrogens is 304 g/mol. The number of carbonyl (C=O) groups excluding carboxylic acids is 2. The van der Waals surface area contributed by atoms with E-state index in [0.717, 1.165) is 18.4 Å². The summed E-state index contributed by atoms with van der Waals surface area (Å²) in [7, 11) is 0. The molecule has 5 heteroatoms. The molecule has 24 heavy (non-hydrogen) atoms. The molecule has 0 spiro atoms. The Morgan fingerprint density at radius 1 is 1.21 bits per heavy atom. The fourth-order valence-corrected chi connectivity index (χ4v) is 1.91. The van der Waals surface area contributed by atoms with E-state index in [0.29, 0.717) is 24.6 Å². The van der Waals surface area contributed by atoms with Crippen LogP contribution in [0.25, 0.3) is 0 Å². The van der Waals surface area contributed by atoms with E-state index in [-0.39, 0.29) is 5.91 Å². The first-order valence-corrected chi connectivity index (χ1v) is 8.20. The Hall–Kier alpha value is -2.48. The number of hydrogen-bond acceptors (Lipinski definition) is 3. The van der Waals surface area contributed by atoms with E-state index < -0.39 is 11.7 Å². The average Bonchev–Trinajstić information content (AvgIpc) is 3.29. The van der Waals surface area contributed by atoms with E-state index in [9.17, 15) is 9.59 Å². The van der Waals surface area contributed by atoms with Crippen molar-refractivity contribution in [3.8, 4) is 11.8 Å². The minimum atomic E-state index is -0.497. The van der Waals surface area contributed by atoms with Crippen LogP contribution in [0, 0.1) is 11.8 Å². The maximum Gasteiger partial charge on any atom is 0.407 e. The van der Waals surface area contributed by atoms with Crippen molar-refractivity contribution < 1.29 is 14.3 Å². The van der Waals surface area contributed by atoms with Crippen LogP contribution in [0.1, 0.15) is 56.0 Å². The lowest BCUT2D eigenvalue weighted by Gasteiger charge is -2.19. The SMILES string of the molecule is CC(C)(C)OC(=O)NCCC#Cc1ccc(C(=O)NC2CC2)cc1. The van der Waals surface area contributed by atoms with Crippen LogP contribution in [0.15, 0.2) is 24.3 Å². The lowest BCUT2D eigenvalue weighted by atomic mass is 10.1. The van der Waals surface area contributed by atoms with Crippen molar-refractivity contribution in [2.45, 2.75) is 51.7 Å². The van der Waals surface area contributed by atoms with Crippen LogP contribution in [-0.4, -0.2) is 30.2 Å². The smallest absolute Gasteiger partial charge is 0.407 e. The molecule has 128 valence electrons. The van der Waals surface area contributed by atoms with Gasteiger partial charge >= 0.3 is 6.09 Å². The highest BCUT2D eigenvalue weighted by molar-refractivity contribution is 5.94. The van der Waals surface area contributed by atoms with Gasteiger partial charge in [-0.15, -0.1) is 0 Å². The van der Waals surface area contributed by atoms with Gasteiger partial charge in [0.15, 0.2) is 0 Å². The summed E-state index contributed by atoms with van der Waals surface area (Å²) in [5.74, 6) is 5.97. The van der Waals surface area contributed by atoms with Gasteiger partial charge in [-0.25, -0.2) is 4.79 Å². The molecule has 0 aromatic heterocycles. The first-order chi connectivity index (χ1) is 11.3. The molecule has 1 aromatic rings. The summed E-state index contributed by atoms with van der Waals surface area (Å²) in [6.45, 7) is 5.90. The Morgan fingerprint density at radius 2 is 1.88 bits per heavy atom. The molecule has 2 amide bonds. The highest BCUT2D eigenvalue weighted by Crippen LogP contribution is 2.19. The van der Waals surface area contributed by atoms with Gasteiger partial charge in [0.2, 0.25) is 0 Å². The molecule has 0 heterocycles. The molecule has 5 nitrogen and oxygen atoms in total. The number of amides is 2. The minimum Gasteiger partial charge on any atom is -0.444 e. The van der Waals surface area contributed by atoms with Gasteiger partial charge < -0.3 is 15.4 Å². The zero-order chi connectivity index (χ0) is 17.6. The Balaban J connectivity index is 1.73. The molecule has 0 saturated heterocycles. The van der Waals surface area contributed by atoms with Crippen molar-refractivity contribution in [3.05, 3.63) is 35.4 Å². The maximum atomic E-state index is 11.9. The Labute approximate surface area is 143 Å². The van der Waals surface area contributed by atoms with Crippen LogP contribution in [0.4, 0.5) is 4.79 Å². The zero-order valence-corrected chi connectivity index (χ0v) is 14.4. The molecular formula is C19H24N2O3. The van der Waals surface area contributed by atoms with Gasteiger partial charge in [0.25, 0.3) is 5.91 Å². The summed E-state index contributed by atoms with van der Waals surface area (Å²) in [5.41, 5.74) is 0.998. The zero-order valence-electron chi connectivity index (χ0n) is 14.4. The molecule has 0 aliphatic heterocycles. The second-order valence-electron chi connectivity index (χ2n) is 6.81. The van der Waals surface area contributed by atoms with E-state index in [4.69, 9.17) is 4.74 Å². The molecule has 0 radical (unpaired) electrons. The molecule has 1 saturated carbocycles. The van der Waals surface area contributed by atoms with Gasteiger partial charge in [-0.05, 0) is 57.9 Å². The van der Waals surface area contributed by atoms with Crippen LogP contribution < -0.4 is 10.6 Å². The Morgan fingerprint density at radius 3 is 2.46 bits per heavy atom. The second-order valence-corrected chi connectivity index (χ2v) is 6.81. The summed E-state index contributed by atoms with van der Waals surface area (Å²) in [4.78, 5) is 23.3. The van der Waals surface area contributed by atoms with Gasteiger partial charge in [-0.1, -0.05) is 11.8 Å². The number of benzene rings is 1. The Kier molecular flexibility index (Phi) is 5.86. The van der Waals surface area contributed by atoms with Gasteiger partial charge in [0, 0.05) is 30.1 Å². The summed E-state index contributed by atoms with van der Waals surface area (Å²) in [5, 5.41) is 5.61. The molecule has 2 rings (SSSR count). The average molecular weight is 328 g/mol. The van der Waals surface area contributed by atoms with Crippen LogP contribution in [0.5, 0.6) is 0 Å². The van der Waals surface area contributed by atoms with E-state index in [1.165, 1.54) is 0 Å². The predicted octanol–water partition coefficient (Wildman–Crippen LogP) is 2.85. The topological polar surface area (TPSA) is 67.4 Å². The first kappa shape index (κ1) is 17.9. The van der Waals surface area contributed by atoms with Crippen molar-refractivity contribution in [1.82, 2.24) is 10.6 Å². The van der Waals surface area contributed by atoms with E-state index in [2.05, 4.69) is 22.5 Å². The third-order valence-corrected chi connectivity index (χ3v) is 3.21. The fraction of sp³-hybridized carbons (Fsp3) is 0.474. The number of ether oxygens (including phenoxy) is 1. The fourth-order valence-electron chi connectivity index (χ4n) is 1.91. The molecule has 0 unspecified atom stereocenters. The summed E-state index contributed by atoms with van der Waals surface area (Å²) in [6, 6.07) is 7.57. The van der Waals surface area contributed by atoms with Gasteiger partial charge in [-0.3, -0.25) is 4.79 Å². The molecule has 1 aliphatic rings. The van der Waals surface area contributed by atoms with Gasteiger partial charge in [0.1, 0.15) is 5.60 Å². The second kappa shape index (κ2) is 7.87. The molecule has 1 aromatic carbocycles. The largest absolute Gasteiger partial charge is 0.444 e. The van der Waals surface area contributed by atoms with Crippen LogP contribution in [0.2, 0.25) is 0 Å². The van der Waals surface area contributed by atoms with Crippen molar-refractivity contribution >= 4 is 12.0 Å². The van der Waals surface area contributed by atoms with Crippen molar-refractivity contribution in [3.63, 3.8) is 0 Å².